The van der Waals surface area contributed by atoms with Crippen LogP contribution >= 0.6 is 0 Å². The standard InChI is InChI=1S/C14H15N3O6/c1-21-12(18)15-5-10-6-17(14(20)23-10)9-2-3-11-8(4-9)7-22-13(19)16-11/h2-4,10H,5-7H2,1H3,(H,15,18)(H,16,19). The molecule has 3 amide bonds. The molecule has 0 aromatic heterocycles. The van der Waals surface area contributed by atoms with Crippen molar-refractivity contribution in [1.29, 1.82) is 0 Å². The van der Waals surface area contributed by atoms with E-state index in [9.17, 15) is 14.4 Å². The molecule has 9 heteroatoms. The van der Waals surface area contributed by atoms with Crippen LogP contribution in [0.4, 0.5) is 25.8 Å². The number of hydrogen-bond acceptors (Lipinski definition) is 6. The summed E-state index contributed by atoms with van der Waals surface area (Å²) in [5.41, 5.74) is 2.06. The van der Waals surface area contributed by atoms with E-state index in [2.05, 4.69) is 15.4 Å². The molecule has 1 unspecified atom stereocenters. The first kappa shape index (κ1) is 14.9. The molecule has 1 atom stereocenters. The molecule has 2 heterocycles. The van der Waals surface area contributed by atoms with Crippen LogP contribution in [0.2, 0.25) is 0 Å². The quantitative estimate of drug-likeness (QED) is 0.816. The Kier molecular flexibility index (Phi) is 3.92. The van der Waals surface area contributed by atoms with E-state index in [1.54, 1.807) is 18.2 Å². The lowest BCUT2D eigenvalue weighted by Crippen LogP contribution is -2.34. The Morgan fingerprint density at radius 2 is 2.30 bits per heavy atom. The number of alkyl carbamates (subject to hydrolysis) is 1. The van der Waals surface area contributed by atoms with Crippen molar-refractivity contribution in [1.82, 2.24) is 5.32 Å². The number of nitrogens with one attached hydrogen (secondary N) is 2. The summed E-state index contributed by atoms with van der Waals surface area (Å²) in [6.07, 6.45) is -2.04. The Hall–Kier alpha value is -2.97. The molecule has 2 aliphatic heterocycles. The highest BCUT2D eigenvalue weighted by atomic mass is 16.6. The second kappa shape index (κ2) is 6.03. The maximum Gasteiger partial charge on any atom is 0.414 e. The van der Waals surface area contributed by atoms with E-state index in [-0.39, 0.29) is 13.2 Å². The second-order valence-corrected chi connectivity index (χ2v) is 5.03. The lowest BCUT2D eigenvalue weighted by atomic mass is 10.1. The predicted octanol–water partition coefficient (Wildman–Crippen LogP) is 1.43. The van der Waals surface area contributed by atoms with Crippen molar-refractivity contribution >= 4 is 29.7 Å². The number of methoxy groups -OCH3 is 1. The van der Waals surface area contributed by atoms with Gasteiger partial charge in [-0.05, 0) is 18.2 Å². The summed E-state index contributed by atoms with van der Waals surface area (Å²) in [5, 5.41) is 5.07. The first-order chi connectivity index (χ1) is 11.1. The first-order valence-corrected chi connectivity index (χ1v) is 6.93. The monoisotopic (exact) mass is 321 g/mol. The van der Waals surface area contributed by atoms with E-state index in [0.29, 0.717) is 17.9 Å². The third kappa shape index (κ3) is 3.12. The second-order valence-electron chi connectivity index (χ2n) is 5.03. The van der Waals surface area contributed by atoms with E-state index in [1.807, 2.05) is 0 Å². The highest BCUT2D eigenvalue weighted by Gasteiger charge is 2.33. The average molecular weight is 321 g/mol. The molecule has 0 saturated carbocycles. The van der Waals surface area contributed by atoms with Gasteiger partial charge in [-0.25, -0.2) is 14.4 Å². The molecule has 1 fully saturated rings. The summed E-state index contributed by atoms with van der Waals surface area (Å²) < 4.78 is 14.6. The normalized spacial score (nSPS) is 19.3. The van der Waals surface area contributed by atoms with Gasteiger partial charge < -0.3 is 19.5 Å². The molecule has 1 aromatic rings. The summed E-state index contributed by atoms with van der Waals surface area (Å²) >= 11 is 0. The molecule has 3 rings (SSSR count). The van der Waals surface area contributed by atoms with Crippen LogP contribution in [0.3, 0.4) is 0 Å². The molecule has 0 spiro atoms. The van der Waals surface area contributed by atoms with Crippen LogP contribution in [-0.2, 0) is 20.8 Å². The minimum Gasteiger partial charge on any atom is -0.453 e. The molecular formula is C14H15N3O6. The molecular weight excluding hydrogens is 306 g/mol. The fourth-order valence-electron chi connectivity index (χ4n) is 2.39. The van der Waals surface area contributed by atoms with Crippen LogP contribution in [0.1, 0.15) is 5.56 Å². The smallest absolute Gasteiger partial charge is 0.414 e. The number of rotatable bonds is 3. The van der Waals surface area contributed by atoms with Crippen LogP contribution < -0.4 is 15.5 Å². The van der Waals surface area contributed by atoms with Gasteiger partial charge in [-0.1, -0.05) is 0 Å². The summed E-state index contributed by atoms with van der Waals surface area (Å²) in [4.78, 5) is 35.6. The van der Waals surface area contributed by atoms with Gasteiger partial charge >= 0.3 is 18.3 Å². The number of hydrogen-bond donors (Lipinski definition) is 2. The maximum absolute atomic E-state index is 12.0. The number of carbonyl (C=O) groups excluding carboxylic acids is 3. The number of cyclic esters (lactones) is 2. The molecule has 1 saturated heterocycles. The molecule has 0 radical (unpaired) electrons. The van der Waals surface area contributed by atoms with Crippen molar-refractivity contribution in [3.8, 4) is 0 Å². The van der Waals surface area contributed by atoms with E-state index >= 15 is 0 Å². The molecule has 23 heavy (non-hydrogen) atoms. The SMILES string of the molecule is COC(=O)NCC1CN(c2ccc3c(c2)COC(=O)N3)C(=O)O1. The summed E-state index contributed by atoms with van der Waals surface area (Å²) in [6.45, 7) is 0.610. The van der Waals surface area contributed by atoms with Crippen LogP contribution in [0, 0.1) is 0 Å². The van der Waals surface area contributed by atoms with Gasteiger partial charge in [0.15, 0.2) is 0 Å². The van der Waals surface area contributed by atoms with Crippen LogP contribution in [-0.4, -0.2) is 44.6 Å². The Balaban J connectivity index is 1.68. The number of carbonyl (C=O) groups is 3. The van der Waals surface area contributed by atoms with Crippen molar-refractivity contribution in [2.24, 2.45) is 0 Å². The average Bonchev–Trinajstić information content (AvgIpc) is 2.93. The van der Waals surface area contributed by atoms with Crippen LogP contribution in [0.25, 0.3) is 0 Å². The fraction of sp³-hybridized carbons (Fsp3) is 0.357. The van der Waals surface area contributed by atoms with Gasteiger partial charge in [0.2, 0.25) is 0 Å². The topological polar surface area (TPSA) is 106 Å². The van der Waals surface area contributed by atoms with Gasteiger partial charge in [-0.15, -0.1) is 0 Å². The summed E-state index contributed by atoms with van der Waals surface area (Å²) in [6, 6.07) is 5.17. The number of anilines is 2. The third-order valence-corrected chi connectivity index (χ3v) is 3.53. The lowest BCUT2D eigenvalue weighted by Gasteiger charge is -2.20. The Labute approximate surface area is 131 Å². The van der Waals surface area contributed by atoms with E-state index in [1.165, 1.54) is 12.0 Å². The minimum atomic E-state index is -0.582. The Morgan fingerprint density at radius 3 is 3.09 bits per heavy atom. The highest BCUT2D eigenvalue weighted by Crippen LogP contribution is 2.29. The predicted molar refractivity (Wildman–Crippen MR) is 78.3 cm³/mol. The van der Waals surface area contributed by atoms with Crippen molar-refractivity contribution in [3.05, 3.63) is 23.8 Å². The molecule has 0 aliphatic carbocycles. The fourth-order valence-corrected chi connectivity index (χ4v) is 2.39. The van der Waals surface area contributed by atoms with E-state index in [4.69, 9.17) is 9.47 Å². The number of amides is 3. The number of ether oxygens (including phenoxy) is 3. The van der Waals surface area contributed by atoms with Crippen LogP contribution in [0.15, 0.2) is 18.2 Å². The van der Waals surface area contributed by atoms with E-state index in [0.717, 1.165) is 5.56 Å². The van der Waals surface area contributed by atoms with Crippen molar-refractivity contribution in [3.63, 3.8) is 0 Å². The molecule has 2 N–H and O–H groups in total. The zero-order chi connectivity index (χ0) is 16.4. The largest absolute Gasteiger partial charge is 0.453 e. The molecule has 2 aliphatic rings. The Bertz CT molecular complexity index is 662. The van der Waals surface area contributed by atoms with Gasteiger partial charge in [0.1, 0.15) is 12.7 Å². The number of fused-ring (bicyclic) bond motifs is 1. The maximum atomic E-state index is 12.0. The van der Waals surface area contributed by atoms with Gasteiger partial charge in [-0.3, -0.25) is 10.2 Å². The lowest BCUT2D eigenvalue weighted by molar-refractivity contribution is 0.132. The van der Waals surface area contributed by atoms with Gasteiger partial charge in [0.25, 0.3) is 0 Å². The molecule has 0 bridgehead atoms. The van der Waals surface area contributed by atoms with E-state index < -0.39 is 24.4 Å². The van der Waals surface area contributed by atoms with Crippen molar-refractivity contribution in [2.75, 3.05) is 30.4 Å². The van der Waals surface area contributed by atoms with Crippen LogP contribution in [0.5, 0.6) is 0 Å². The zero-order valence-corrected chi connectivity index (χ0v) is 12.3. The first-order valence-electron chi connectivity index (χ1n) is 6.93. The minimum absolute atomic E-state index is 0.144. The third-order valence-electron chi connectivity index (χ3n) is 3.53. The molecule has 9 nitrogen and oxygen atoms in total. The summed E-state index contributed by atoms with van der Waals surface area (Å²) in [5.74, 6) is 0. The Morgan fingerprint density at radius 1 is 1.48 bits per heavy atom. The van der Waals surface area contributed by atoms with Crippen molar-refractivity contribution in [2.45, 2.75) is 12.7 Å². The number of nitrogens with zero attached hydrogens (tertiary/aromatic N) is 1. The zero-order valence-electron chi connectivity index (χ0n) is 12.3. The highest BCUT2D eigenvalue weighted by molar-refractivity contribution is 5.92. The van der Waals surface area contributed by atoms with Gasteiger partial charge in [0.05, 0.1) is 25.9 Å². The summed E-state index contributed by atoms with van der Waals surface area (Å²) in [7, 11) is 1.26. The molecule has 1 aromatic carbocycles. The number of benzene rings is 1. The van der Waals surface area contributed by atoms with Gasteiger partial charge in [0, 0.05) is 11.3 Å². The van der Waals surface area contributed by atoms with Crippen molar-refractivity contribution < 1.29 is 28.6 Å². The molecule has 122 valence electrons. The van der Waals surface area contributed by atoms with Gasteiger partial charge in [-0.2, -0.15) is 0 Å².